The molecule has 37 heavy (non-hydrogen) atoms. The van der Waals surface area contributed by atoms with Crippen LogP contribution in [0.25, 0.3) is 22.3 Å². The fourth-order valence-corrected chi connectivity index (χ4v) is 4.06. The van der Waals surface area contributed by atoms with Crippen molar-refractivity contribution < 1.29 is 66.8 Å². The van der Waals surface area contributed by atoms with Gasteiger partial charge in [-0.2, -0.15) is 8.42 Å². The average molecular weight is 544 g/mol. The van der Waals surface area contributed by atoms with E-state index in [9.17, 15) is 49.0 Å². The van der Waals surface area contributed by atoms with Gasteiger partial charge in [-0.25, -0.2) is 0 Å². The van der Waals surface area contributed by atoms with Crippen molar-refractivity contribution in [3.63, 3.8) is 0 Å². The van der Waals surface area contributed by atoms with Crippen molar-refractivity contribution in [3.05, 3.63) is 40.6 Å². The largest absolute Gasteiger partial charge is 0.508 e. The first kappa shape index (κ1) is 26.4. The van der Waals surface area contributed by atoms with Gasteiger partial charge in [0, 0.05) is 17.7 Å². The third-order valence-corrected chi connectivity index (χ3v) is 5.81. The zero-order valence-electron chi connectivity index (χ0n) is 18.3. The molecule has 3 aromatic rings. The van der Waals surface area contributed by atoms with E-state index in [-0.39, 0.29) is 11.1 Å². The molecular formula is C21H20O15S. The van der Waals surface area contributed by atoms with E-state index in [1.807, 2.05) is 0 Å². The molecule has 8 N–H and O–H groups in total. The topological polar surface area (TPSA) is 254 Å². The van der Waals surface area contributed by atoms with Crippen LogP contribution in [-0.2, 0) is 15.1 Å². The summed E-state index contributed by atoms with van der Waals surface area (Å²) in [6.45, 7) is -0.798. The Balaban J connectivity index is 1.89. The van der Waals surface area contributed by atoms with E-state index in [0.717, 1.165) is 30.3 Å². The summed E-state index contributed by atoms with van der Waals surface area (Å²) in [5.74, 6) is -3.97. The second-order valence-electron chi connectivity index (χ2n) is 7.94. The first-order chi connectivity index (χ1) is 17.3. The fraction of sp³-hybridized carbons (Fsp3) is 0.286. The number of rotatable bonds is 6. The fourth-order valence-electron chi connectivity index (χ4n) is 3.69. The molecule has 0 spiro atoms. The Morgan fingerprint density at radius 2 is 1.65 bits per heavy atom. The molecule has 16 heteroatoms. The van der Waals surface area contributed by atoms with Crippen LogP contribution in [0.1, 0.15) is 0 Å². The summed E-state index contributed by atoms with van der Waals surface area (Å²) in [5, 5.41) is 69.5. The Bertz CT molecular complexity index is 1500. The minimum absolute atomic E-state index is 0.165. The van der Waals surface area contributed by atoms with Gasteiger partial charge < -0.3 is 53.8 Å². The summed E-state index contributed by atoms with van der Waals surface area (Å²) in [5.41, 5.74) is -1.58. The van der Waals surface area contributed by atoms with Gasteiger partial charge in [0.05, 0.1) is 6.61 Å². The number of hydrogen-bond acceptors (Lipinski definition) is 14. The van der Waals surface area contributed by atoms with E-state index in [2.05, 4.69) is 4.18 Å². The highest BCUT2D eigenvalue weighted by molar-refractivity contribution is 7.81. The van der Waals surface area contributed by atoms with E-state index in [1.165, 1.54) is 0 Å². The molecule has 0 aliphatic carbocycles. The number of phenols is 3. The standard InChI is InChI=1S/C21H20O15S/c22-6-13-15(26)17(28)18(29)21(34-13)35-20-16(27)14-10(25)4-8(23)5-12(14)33-19(20)7-1-2-11(9(24)3-7)36-37(30,31)32/h1-5,13,15,17-18,21-26,28-29H,6H2,(H,30,31,32)/t13-,15-,17+,18-,21+/m1/s1. The van der Waals surface area contributed by atoms with Crippen LogP contribution in [0.2, 0.25) is 0 Å². The van der Waals surface area contributed by atoms with Crippen molar-refractivity contribution in [1.29, 1.82) is 0 Å². The molecule has 0 amide bonds. The van der Waals surface area contributed by atoms with E-state index < -0.39 is 93.0 Å². The van der Waals surface area contributed by atoms with Crippen molar-refractivity contribution in [1.82, 2.24) is 0 Å². The SMILES string of the molecule is O=c1c(O[C@@H]2O[C@H](CO)[C@@H](O)[C@H](O)[C@H]2O)c(-c2ccc(OS(=O)(=O)O)c(O)c2)oc2cc(O)cc(O)c12. The first-order valence-corrected chi connectivity index (χ1v) is 11.7. The second kappa shape index (κ2) is 9.67. The van der Waals surface area contributed by atoms with Gasteiger partial charge in [0.15, 0.2) is 17.3 Å². The Labute approximate surface area is 206 Å². The van der Waals surface area contributed by atoms with Gasteiger partial charge in [0.1, 0.15) is 46.9 Å². The number of fused-ring (bicyclic) bond motifs is 1. The smallest absolute Gasteiger partial charge is 0.446 e. The van der Waals surface area contributed by atoms with Crippen LogP contribution in [0, 0.1) is 0 Å². The molecule has 200 valence electrons. The summed E-state index contributed by atoms with van der Waals surface area (Å²) in [4.78, 5) is 13.3. The molecule has 2 heterocycles. The lowest BCUT2D eigenvalue weighted by Gasteiger charge is -2.39. The number of aliphatic hydroxyl groups excluding tert-OH is 4. The number of benzene rings is 2. The number of hydrogen-bond donors (Lipinski definition) is 8. The Hall–Kier alpha value is -3.64. The zero-order chi connectivity index (χ0) is 27.2. The van der Waals surface area contributed by atoms with E-state index >= 15 is 0 Å². The molecule has 1 aliphatic rings. The lowest BCUT2D eigenvalue weighted by molar-refractivity contribution is -0.277. The second-order valence-corrected chi connectivity index (χ2v) is 8.96. The maximum absolute atomic E-state index is 13.3. The van der Waals surface area contributed by atoms with Crippen LogP contribution in [-0.4, -0.2) is 86.0 Å². The van der Waals surface area contributed by atoms with E-state index in [4.69, 9.17) is 18.4 Å². The van der Waals surface area contributed by atoms with Crippen LogP contribution in [0.5, 0.6) is 28.7 Å². The maximum atomic E-state index is 13.3. The number of aliphatic hydroxyl groups is 4. The van der Waals surface area contributed by atoms with E-state index in [1.54, 1.807) is 0 Å². The molecule has 4 rings (SSSR count). The summed E-state index contributed by atoms with van der Waals surface area (Å²) >= 11 is 0. The molecule has 1 aromatic heterocycles. The van der Waals surface area contributed by atoms with Crippen LogP contribution < -0.4 is 14.3 Å². The summed E-state index contributed by atoms with van der Waals surface area (Å²) < 4.78 is 51.4. The third-order valence-electron chi connectivity index (χ3n) is 5.42. The van der Waals surface area contributed by atoms with Crippen LogP contribution in [0.3, 0.4) is 0 Å². The van der Waals surface area contributed by atoms with Crippen LogP contribution in [0.4, 0.5) is 0 Å². The minimum atomic E-state index is -5.00. The molecule has 0 radical (unpaired) electrons. The van der Waals surface area contributed by atoms with E-state index in [0.29, 0.717) is 0 Å². The molecule has 1 aliphatic heterocycles. The number of ether oxygens (including phenoxy) is 2. The molecule has 0 bridgehead atoms. The van der Waals surface area contributed by atoms with Gasteiger partial charge in [0.2, 0.25) is 17.5 Å². The quantitative estimate of drug-likeness (QED) is 0.172. The molecule has 1 saturated heterocycles. The van der Waals surface area contributed by atoms with Crippen molar-refractivity contribution >= 4 is 21.4 Å². The predicted molar refractivity (Wildman–Crippen MR) is 119 cm³/mol. The monoisotopic (exact) mass is 544 g/mol. The van der Waals surface area contributed by atoms with Gasteiger partial charge in [-0.15, -0.1) is 0 Å². The predicted octanol–water partition coefficient (Wildman–Crippen LogP) is -1.06. The lowest BCUT2D eigenvalue weighted by Crippen LogP contribution is -2.60. The average Bonchev–Trinajstić information content (AvgIpc) is 2.80. The van der Waals surface area contributed by atoms with Gasteiger partial charge in [-0.3, -0.25) is 9.35 Å². The molecular weight excluding hydrogens is 524 g/mol. The highest BCUT2D eigenvalue weighted by Gasteiger charge is 2.45. The number of aromatic hydroxyl groups is 3. The highest BCUT2D eigenvalue weighted by atomic mass is 32.3. The third kappa shape index (κ3) is 5.12. The lowest BCUT2D eigenvalue weighted by atomic mass is 9.99. The van der Waals surface area contributed by atoms with Gasteiger partial charge >= 0.3 is 10.4 Å². The van der Waals surface area contributed by atoms with Crippen LogP contribution >= 0.6 is 0 Å². The molecule has 0 saturated carbocycles. The van der Waals surface area contributed by atoms with Gasteiger partial charge in [-0.05, 0) is 18.2 Å². The normalized spacial score (nSPS) is 24.2. The summed E-state index contributed by atoms with van der Waals surface area (Å²) in [6.07, 6.45) is -8.78. The molecule has 1 fully saturated rings. The van der Waals surface area contributed by atoms with Crippen molar-refractivity contribution in [2.24, 2.45) is 0 Å². The minimum Gasteiger partial charge on any atom is -0.508 e. The number of phenolic OH excluding ortho intramolecular Hbond substituents is 3. The Morgan fingerprint density at radius 3 is 2.27 bits per heavy atom. The van der Waals surface area contributed by atoms with Crippen molar-refractivity contribution in [2.45, 2.75) is 30.7 Å². The summed E-state index contributed by atoms with van der Waals surface area (Å²) in [6, 6.07) is 4.64. The van der Waals surface area contributed by atoms with Crippen molar-refractivity contribution in [3.8, 4) is 40.1 Å². The van der Waals surface area contributed by atoms with Crippen molar-refractivity contribution in [2.75, 3.05) is 6.61 Å². The van der Waals surface area contributed by atoms with Gasteiger partial charge in [-0.1, -0.05) is 0 Å². The molecule has 0 unspecified atom stereocenters. The highest BCUT2D eigenvalue weighted by Crippen LogP contribution is 2.39. The first-order valence-electron chi connectivity index (χ1n) is 10.3. The Morgan fingerprint density at radius 1 is 0.946 bits per heavy atom. The van der Waals surface area contributed by atoms with Crippen LogP contribution in [0.15, 0.2) is 39.5 Å². The molecule has 15 nitrogen and oxygen atoms in total. The molecule has 5 atom stereocenters. The van der Waals surface area contributed by atoms with Gasteiger partial charge in [0.25, 0.3) is 0 Å². The summed E-state index contributed by atoms with van der Waals surface area (Å²) in [7, 11) is -5.00. The molecule has 2 aromatic carbocycles. The maximum Gasteiger partial charge on any atom is 0.446 e. The Kier molecular flexibility index (Phi) is 6.91. The zero-order valence-corrected chi connectivity index (χ0v) is 19.1.